The van der Waals surface area contributed by atoms with Crippen LogP contribution in [0.4, 0.5) is 22.7 Å². The topological polar surface area (TPSA) is 32.3 Å². The molecule has 3 heterocycles. The number of rotatable bonds is 14. The number of nitrogens with zero attached hydrogens (tertiary/aromatic N) is 4. The van der Waals surface area contributed by atoms with Crippen LogP contribution in [0.1, 0.15) is 79.1 Å². The zero-order chi connectivity index (χ0) is 36.3. The van der Waals surface area contributed by atoms with Crippen LogP contribution in [-0.2, 0) is 0 Å². The number of fused-ring (bicyclic) bond motifs is 5. The average molecular weight is 755 g/mol. The highest BCUT2D eigenvalue weighted by Crippen LogP contribution is 2.52. The van der Waals surface area contributed by atoms with Crippen molar-refractivity contribution in [1.29, 1.82) is 0 Å². The van der Waals surface area contributed by atoms with E-state index in [1.165, 1.54) is 117 Å². The summed E-state index contributed by atoms with van der Waals surface area (Å²) in [6.45, 7) is 11.4. The Morgan fingerprint density at radius 2 is 0.943 bits per heavy atom. The lowest BCUT2D eigenvalue weighted by molar-refractivity contribution is 0.457. The van der Waals surface area contributed by atoms with Crippen LogP contribution in [0.15, 0.2) is 117 Å². The Morgan fingerprint density at radius 1 is 0.509 bits per heavy atom. The van der Waals surface area contributed by atoms with E-state index in [1.54, 1.807) is 0 Å². The molecule has 4 nitrogen and oxygen atoms in total. The molecule has 8 rings (SSSR count). The molecule has 0 N–H and O–H groups in total. The monoisotopic (exact) mass is 754 g/mol. The highest BCUT2D eigenvalue weighted by atomic mass is 32.2. The van der Waals surface area contributed by atoms with Crippen molar-refractivity contribution in [3.8, 4) is 22.3 Å². The van der Waals surface area contributed by atoms with Crippen LogP contribution >= 0.6 is 35.3 Å². The van der Waals surface area contributed by atoms with Crippen LogP contribution in [0.25, 0.3) is 33.3 Å². The quantitative estimate of drug-likeness (QED) is 0.110. The summed E-state index contributed by atoms with van der Waals surface area (Å²) in [5, 5.41) is 0. The van der Waals surface area contributed by atoms with E-state index in [4.69, 9.17) is 8.75 Å². The second-order valence-corrected chi connectivity index (χ2v) is 17.4. The summed E-state index contributed by atoms with van der Waals surface area (Å²) in [6.07, 6.45) is 10.0. The zero-order valence-corrected chi connectivity index (χ0v) is 33.9. The Kier molecular flexibility index (Phi) is 11.1. The van der Waals surface area contributed by atoms with Crippen molar-refractivity contribution in [3.63, 3.8) is 0 Å². The largest absolute Gasteiger partial charge is 0.339 e. The predicted molar refractivity (Wildman–Crippen MR) is 230 cm³/mol. The SMILES string of the molecule is CCCCC(CC)CN1c2ccccc2Sc2cc(-c3ccc(-c4ccc5c(c4)Sc4ccccc4N5CC(CC)CCCC)c4nsnc34)ccc21. The van der Waals surface area contributed by atoms with Crippen molar-refractivity contribution in [1.82, 2.24) is 8.75 Å². The molecule has 0 radical (unpaired) electrons. The Bertz CT molecular complexity index is 2060. The Hall–Kier alpha value is -3.78. The summed E-state index contributed by atoms with van der Waals surface area (Å²) >= 11 is 5.10. The normalized spacial score (nSPS) is 14.4. The number of hydrogen-bond donors (Lipinski definition) is 0. The maximum Gasteiger partial charge on any atom is 0.113 e. The van der Waals surface area contributed by atoms with Crippen LogP contribution in [-0.4, -0.2) is 21.8 Å². The first-order valence-corrected chi connectivity index (χ1v) is 22.1. The molecule has 6 aromatic rings. The summed E-state index contributed by atoms with van der Waals surface area (Å²) in [4.78, 5) is 10.4. The molecular weight excluding hydrogens is 705 g/mol. The first-order chi connectivity index (χ1) is 26.1. The molecule has 0 fully saturated rings. The predicted octanol–water partition coefficient (Wildman–Crippen LogP) is 14.7. The maximum atomic E-state index is 4.92. The third-order valence-corrected chi connectivity index (χ3v) is 14.0. The number of para-hydroxylation sites is 2. The maximum absolute atomic E-state index is 4.92. The van der Waals surface area contributed by atoms with Crippen LogP contribution in [0.5, 0.6) is 0 Å². The smallest absolute Gasteiger partial charge is 0.113 e. The fourth-order valence-corrected chi connectivity index (χ4v) is 10.9. The number of benzene rings is 5. The van der Waals surface area contributed by atoms with E-state index in [2.05, 4.69) is 135 Å². The molecular formula is C46H50N4S3. The molecule has 0 saturated heterocycles. The van der Waals surface area contributed by atoms with Crippen LogP contribution in [0.3, 0.4) is 0 Å². The van der Waals surface area contributed by atoms with Crippen molar-refractivity contribution in [2.24, 2.45) is 11.8 Å². The van der Waals surface area contributed by atoms with E-state index in [0.29, 0.717) is 11.8 Å². The summed E-state index contributed by atoms with van der Waals surface area (Å²) in [5.74, 6) is 1.34. The van der Waals surface area contributed by atoms with Gasteiger partial charge < -0.3 is 9.80 Å². The molecule has 0 saturated carbocycles. The van der Waals surface area contributed by atoms with Gasteiger partial charge in [0.1, 0.15) is 11.0 Å². The minimum Gasteiger partial charge on any atom is -0.339 e. The molecule has 0 amide bonds. The van der Waals surface area contributed by atoms with Crippen LogP contribution < -0.4 is 9.80 Å². The van der Waals surface area contributed by atoms with E-state index in [0.717, 1.165) is 35.2 Å². The molecule has 272 valence electrons. The van der Waals surface area contributed by atoms with Gasteiger partial charge in [-0.2, -0.15) is 8.75 Å². The van der Waals surface area contributed by atoms with E-state index in [-0.39, 0.29) is 0 Å². The van der Waals surface area contributed by atoms with Gasteiger partial charge in [-0.1, -0.05) is 138 Å². The molecule has 53 heavy (non-hydrogen) atoms. The number of hydrogen-bond acceptors (Lipinski definition) is 7. The highest BCUT2D eigenvalue weighted by Gasteiger charge is 2.28. The lowest BCUT2D eigenvalue weighted by Crippen LogP contribution is -2.27. The zero-order valence-electron chi connectivity index (χ0n) is 31.5. The van der Waals surface area contributed by atoms with Gasteiger partial charge in [0.2, 0.25) is 0 Å². The van der Waals surface area contributed by atoms with Gasteiger partial charge >= 0.3 is 0 Å². The number of unbranched alkanes of at least 4 members (excludes halogenated alkanes) is 2. The molecule has 5 aromatic carbocycles. The first-order valence-electron chi connectivity index (χ1n) is 19.7. The van der Waals surface area contributed by atoms with Crippen LogP contribution in [0, 0.1) is 11.8 Å². The van der Waals surface area contributed by atoms with Gasteiger partial charge in [-0.15, -0.1) is 0 Å². The molecule has 0 spiro atoms. The summed E-state index contributed by atoms with van der Waals surface area (Å²) in [5.41, 5.74) is 11.9. The number of anilines is 4. The van der Waals surface area contributed by atoms with Crippen molar-refractivity contribution in [3.05, 3.63) is 97.1 Å². The van der Waals surface area contributed by atoms with E-state index >= 15 is 0 Å². The highest BCUT2D eigenvalue weighted by molar-refractivity contribution is 8.00. The molecule has 2 atom stereocenters. The first kappa shape index (κ1) is 36.2. The van der Waals surface area contributed by atoms with Gasteiger partial charge in [-0.25, -0.2) is 0 Å². The van der Waals surface area contributed by atoms with E-state index in [1.807, 2.05) is 23.5 Å². The van der Waals surface area contributed by atoms with Crippen molar-refractivity contribution >= 4 is 69.0 Å². The van der Waals surface area contributed by atoms with Gasteiger partial charge in [0.25, 0.3) is 0 Å². The third kappa shape index (κ3) is 7.25. The lowest BCUT2D eigenvalue weighted by Gasteiger charge is -2.35. The Morgan fingerprint density at radius 3 is 1.38 bits per heavy atom. The number of aromatic nitrogens is 2. The second kappa shape index (κ2) is 16.3. The average Bonchev–Trinajstić information content (AvgIpc) is 3.70. The molecule has 2 aliphatic rings. The third-order valence-electron chi connectivity index (χ3n) is 11.3. The molecule has 0 aliphatic carbocycles. The summed E-state index contributed by atoms with van der Waals surface area (Å²) < 4.78 is 9.84. The van der Waals surface area contributed by atoms with Gasteiger partial charge in [0.15, 0.2) is 0 Å². The molecule has 2 unspecified atom stereocenters. The molecule has 1 aromatic heterocycles. The second-order valence-electron chi connectivity index (χ2n) is 14.7. The van der Waals surface area contributed by atoms with Gasteiger partial charge in [-0.3, -0.25) is 0 Å². The minimum atomic E-state index is 0.672. The van der Waals surface area contributed by atoms with Gasteiger partial charge in [-0.05, 0) is 84.3 Å². The van der Waals surface area contributed by atoms with Crippen molar-refractivity contribution in [2.45, 2.75) is 98.6 Å². The van der Waals surface area contributed by atoms with Crippen molar-refractivity contribution < 1.29 is 0 Å². The summed E-state index contributed by atoms with van der Waals surface area (Å²) in [7, 11) is 0. The fraction of sp³-hybridized carbons (Fsp3) is 0.348. The molecule has 2 aliphatic heterocycles. The van der Waals surface area contributed by atoms with Gasteiger partial charge in [0.05, 0.1) is 34.5 Å². The van der Waals surface area contributed by atoms with E-state index < -0.39 is 0 Å². The van der Waals surface area contributed by atoms with Gasteiger partial charge in [0, 0.05) is 43.8 Å². The standard InChI is InChI=1S/C46H50N4S3/c1-5-9-15-31(7-3)29-49-37-17-11-13-19-41(37)51-43-27-33(21-25-39(43)49)35-23-24-36(46-45(35)47-53-48-46)34-22-26-40-44(28-34)52-42-20-14-12-18-38(42)50(40)30-32(8-4)16-10-6-2/h11-14,17-28,31-32H,5-10,15-16,29-30H2,1-4H3. The van der Waals surface area contributed by atoms with E-state index in [9.17, 15) is 0 Å². The minimum absolute atomic E-state index is 0.672. The fourth-order valence-electron chi connectivity index (χ4n) is 8.08. The summed E-state index contributed by atoms with van der Waals surface area (Å²) in [6, 6.07) is 36.4. The Labute approximate surface area is 328 Å². The van der Waals surface area contributed by atoms with Crippen molar-refractivity contribution in [2.75, 3.05) is 22.9 Å². The molecule has 7 heteroatoms. The lowest BCUT2D eigenvalue weighted by atomic mass is 9.96. The Balaban J connectivity index is 1.13. The van der Waals surface area contributed by atoms with Crippen LogP contribution in [0.2, 0.25) is 0 Å². The molecule has 0 bridgehead atoms.